The van der Waals surface area contributed by atoms with Crippen molar-refractivity contribution in [3.05, 3.63) is 11.9 Å². The molecule has 6 nitrogen and oxygen atoms in total. The van der Waals surface area contributed by atoms with Gasteiger partial charge in [0.25, 0.3) is 0 Å². The van der Waals surface area contributed by atoms with E-state index in [1.165, 1.54) is 6.33 Å². The van der Waals surface area contributed by atoms with Crippen LogP contribution in [-0.4, -0.2) is 38.9 Å². The summed E-state index contributed by atoms with van der Waals surface area (Å²) in [4.78, 5) is 8.04. The Bertz CT molecular complexity index is 368. The van der Waals surface area contributed by atoms with E-state index in [9.17, 15) is 5.11 Å². The van der Waals surface area contributed by atoms with Crippen molar-refractivity contribution in [3.63, 3.8) is 0 Å². The molecule has 0 amide bonds. The van der Waals surface area contributed by atoms with Gasteiger partial charge in [0.15, 0.2) is 0 Å². The van der Waals surface area contributed by atoms with Gasteiger partial charge in [-0.2, -0.15) is 0 Å². The van der Waals surface area contributed by atoms with E-state index >= 15 is 0 Å². The van der Waals surface area contributed by atoms with E-state index in [1.54, 1.807) is 6.92 Å². The molecule has 1 rings (SSSR count). The van der Waals surface area contributed by atoms with Crippen LogP contribution in [-0.2, 0) is 6.42 Å². The van der Waals surface area contributed by atoms with Crippen LogP contribution in [0.25, 0.3) is 0 Å². The van der Waals surface area contributed by atoms with Gasteiger partial charge in [0.05, 0.1) is 6.61 Å². The summed E-state index contributed by atoms with van der Waals surface area (Å²) in [6, 6.07) is 0. The highest BCUT2D eigenvalue weighted by molar-refractivity contribution is 5.55. The van der Waals surface area contributed by atoms with Crippen LogP contribution in [0.15, 0.2) is 6.33 Å². The molecular weight excluding hydrogens is 220 g/mol. The molecule has 96 valence electrons. The van der Waals surface area contributed by atoms with Crippen molar-refractivity contribution in [1.82, 2.24) is 9.97 Å². The minimum Gasteiger partial charge on any atom is -0.393 e. The van der Waals surface area contributed by atoms with Gasteiger partial charge in [-0.25, -0.2) is 9.97 Å². The van der Waals surface area contributed by atoms with Crippen LogP contribution in [0.4, 0.5) is 11.6 Å². The zero-order chi connectivity index (χ0) is 12.9. The van der Waals surface area contributed by atoms with Gasteiger partial charge in [-0.1, -0.05) is 13.3 Å². The van der Waals surface area contributed by atoms with E-state index in [1.807, 2.05) is 6.92 Å². The summed E-state index contributed by atoms with van der Waals surface area (Å²) >= 11 is 0. The lowest BCUT2D eigenvalue weighted by molar-refractivity contribution is 0.0131. The molecule has 0 aliphatic carbocycles. The third kappa shape index (κ3) is 3.83. The van der Waals surface area contributed by atoms with E-state index in [-0.39, 0.29) is 13.2 Å². The largest absolute Gasteiger partial charge is 0.393 e. The van der Waals surface area contributed by atoms with E-state index in [4.69, 9.17) is 10.8 Å². The van der Waals surface area contributed by atoms with Gasteiger partial charge in [0.1, 0.15) is 23.6 Å². The van der Waals surface area contributed by atoms with Gasteiger partial charge >= 0.3 is 0 Å². The van der Waals surface area contributed by atoms with Crippen molar-refractivity contribution in [2.24, 2.45) is 0 Å². The number of anilines is 2. The third-order valence-electron chi connectivity index (χ3n) is 2.46. The number of aromatic nitrogens is 2. The zero-order valence-corrected chi connectivity index (χ0v) is 10.3. The first-order valence-corrected chi connectivity index (χ1v) is 5.66. The number of nitrogens with one attached hydrogen (secondary N) is 1. The van der Waals surface area contributed by atoms with Crippen LogP contribution in [0, 0.1) is 0 Å². The average molecular weight is 240 g/mol. The molecule has 0 spiro atoms. The summed E-state index contributed by atoms with van der Waals surface area (Å²) in [7, 11) is 0. The monoisotopic (exact) mass is 240 g/mol. The molecule has 1 unspecified atom stereocenters. The number of aliphatic hydroxyl groups excluding tert-OH is 1. The lowest BCUT2D eigenvalue weighted by Crippen LogP contribution is -2.37. The molecule has 5 N–H and O–H groups in total. The number of hydrogen-bond acceptors (Lipinski definition) is 6. The lowest BCUT2D eigenvalue weighted by atomic mass is 10.1. The molecule has 0 aliphatic rings. The number of aliphatic hydroxyl groups is 2. The highest BCUT2D eigenvalue weighted by Gasteiger charge is 2.19. The van der Waals surface area contributed by atoms with E-state index in [0.29, 0.717) is 11.6 Å². The Morgan fingerprint density at radius 1 is 1.47 bits per heavy atom. The van der Waals surface area contributed by atoms with Gasteiger partial charge in [-0.3, -0.25) is 0 Å². The molecule has 0 aromatic carbocycles. The number of nitrogens with zero attached hydrogens (tertiary/aromatic N) is 2. The van der Waals surface area contributed by atoms with Gasteiger partial charge in [0, 0.05) is 12.1 Å². The molecule has 0 saturated carbocycles. The Morgan fingerprint density at radius 3 is 2.76 bits per heavy atom. The predicted octanol–water partition coefficient (Wildman–Crippen LogP) is 0.167. The van der Waals surface area contributed by atoms with Crippen LogP contribution in [0.5, 0.6) is 0 Å². The van der Waals surface area contributed by atoms with E-state index in [2.05, 4.69) is 15.3 Å². The lowest BCUT2D eigenvalue weighted by Gasteiger charge is -2.22. The molecule has 17 heavy (non-hydrogen) atoms. The van der Waals surface area contributed by atoms with E-state index in [0.717, 1.165) is 18.4 Å². The molecular formula is C11H20N4O2. The zero-order valence-electron chi connectivity index (χ0n) is 10.3. The summed E-state index contributed by atoms with van der Waals surface area (Å²) in [6.07, 6.45) is 3.09. The standard InChI is InChI=1S/C11H20N4O2/c1-3-4-8-9(12)14-7-15-10(8)13-5-11(2,17)6-16/h7,16-17H,3-6H2,1-2H3,(H3,12,13,14,15). The number of hydrogen-bond donors (Lipinski definition) is 4. The second kappa shape index (κ2) is 5.79. The first-order chi connectivity index (χ1) is 8.00. The molecule has 0 aliphatic heterocycles. The Kier molecular flexibility index (Phi) is 4.65. The Balaban J connectivity index is 2.80. The van der Waals surface area contributed by atoms with Crippen LogP contribution in [0.1, 0.15) is 25.8 Å². The topological polar surface area (TPSA) is 104 Å². The summed E-state index contributed by atoms with van der Waals surface area (Å²) < 4.78 is 0. The molecule has 0 bridgehead atoms. The minimum atomic E-state index is -1.18. The average Bonchev–Trinajstić information content (AvgIpc) is 2.30. The summed E-state index contributed by atoms with van der Waals surface area (Å²) in [6.45, 7) is 3.48. The van der Waals surface area contributed by atoms with Crippen molar-refractivity contribution in [2.45, 2.75) is 32.3 Å². The summed E-state index contributed by atoms with van der Waals surface area (Å²) in [5.74, 6) is 1.07. The fourth-order valence-corrected chi connectivity index (χ4v) is 1.40. The number of rotatable bonds is 6. The van der Waals surface area contributed by atoms with Crippen molar-refractivity contribution >= 4 is 11.6 Å². The SMILES string of the molecule is CCCc1c(N)ncnc1NCC(C)(O)CO. The summed E-state index contributed by atoms with van der Waals surface area (Å²) in [5.41, 5.74) is 5.45. The third-order valence-corrected chi connectivity index (χ3v) is 2.46. The van der Waals surface area contributed by atoms with E-state index < -0.39 is 5.60 Å². The second-order valence-corrected chi connectivity index (χ2v) is 4.34. The summed E-state index contributed by atoms with van der Waals surface area (Å²) in [5, 5.41) is 21.6. The first-order valence-electron chi connectivity index (χ1n) is 5.66. The van der Waals surface area contributed by atoms with Crippen LogP contribution in [0.3, 0.4) is 0 Å². The molecule has 1 aromatic rings. The quantitative estimate of drug-likeness (QED) is 0.565. The molecule has 1 aromatic heterocycles. The maximum atomic E-state index is 9.69. The first kappa shape index (κ1) is 13.7. The van der Waals surface area contributed by atoms with Crippen molar-refractivity contribution in [1.29, 1.82) is 0 Å². The molecule has 0 fully saturated rings. The number of nitrogens with two attached hydrogens (primary N) is 1. The van der Waals surface area contributed by atoms with Gasteiger partial charge in [-0.15, -0.1) is 0 Å². The van der Waals surface area contributed by atoms with Crippen LogP contribution < -0.4 is 11.1 Å². The van der Waals surface area contributed by atoms with Crippen LogP contribution >= 0.6 is 0 Å². The van der Waals surface area contributed by atoms with Crippen molar-refractivity contribution < 1.29 is 10.2 Å². The molecule has 1 atom stereocenters. The molecule has 1 heterocycles. The fraction of sp³-hybridized carbons (Fsp3) is 0.636. The Hall–Kier alpha value is -1.40. The van der Waals surface area contributed by atoms with Crippen molar-refractivity contribution in [3.8, 4) is 0 Å². The van der Waals surface area contributed by atoms with Gasteiger partial charge in [-0.05, 0) is 13.3 Å². The highest BCUT2D eigenvalue weighted by Crippen LogP contribution is 2.19. The minimum absolute atomic E-state index is 0.205. The van der Waals surface area contributed by atoms with Gasteiger partial charge in [0.2, 0.25) is 0 Å². The fourth-order valence-electron chi connectivity index (χ4n) is 1.40. The maximum Gasteiger partial charge on any atom is 0.134 e. The Morgan fingerprint density at radius 2 is 2.18 bits per heavy atom. The molecule has 0 radical (unpaired) electrons. The normalized spacial score (nSPS) is 14.4. The van der Waals surface area contributed by atoms with Crippen LogP contribution in [0.2, 0.25) is 0 Å². The maximum absolute atomic E-state index is 9.69. The molecule has 0 saturated heterocycles. The van der Waals surface area contributed by atoms with Gasteiger partial charge < -0.3 is 21.3 Å². The van der Waals surface area contributed by atoms with Crippen molar-refractivity contribution in [2.75, 3.05) is 24.2 Å². The second-order valence-electron chi connectivity index (χ2n) is 4.34. The highest BCUT2D eigenvalue weighted by atomic mass is 16.3. The predicted molar refractivity (Wildman–Crippen MR) is 66.6 cm³/mol. The smallest absolute Gasteiger partial charge is 0.134 e. The molecule has 6 heteroatoms. The number of nitrogen functional groups attached to an aromatic ring is 1. The Labute approximate surface area is 101 Å².